The molecule has 0 amide bonds. The van der Waals surface area contributed by atoms with Crippen molar-refractivity contribution in [2.24, 2.45) is 46.3 Å². The summed E-state index contributed by atoms with van der Waals surface area (Å²) in [5, 5.41) is 0. The fourth-order valence-electron chi connectivity index (χ4n) is 9.19. The van der Waals surface area contributed by atoms with Gasteiger partial charge in [-0.1, -0.05) is 65.5 Å². The Hall–Kier alpha value is -0.830. The molecule has 0 aromatic rings. The Morgan fingerprint density at radius 1 is 1.03 bits per heavy atom. The lowest BCUT2D eigenvalue weighted by molar-refractivity contribution is -0.143. The lowest BCUT2D eigenvalue weighted by atomic mass is 9.47. The molecule has 34 heavy (non-hydrogen) atoms. The molecule has 4 rings (SSSR count). The Morgan fingerprint density at radius 3 is 2.56 bits per heavy atom. The van der Waals surface area contributed by atoms with Crippen molar-refractivity contribution in [3.63, 3.8) is 0 Å². The quantitative estimate of drug-likeness (QED) is 0.194. The van der Waals surface area contributed by atoms with Crippen LogP contribution in [0.25, 0.3) is 0 Å². The van der Waals surface area contributed by atoms with Gasteiger partial charge >= 0.3 is 5.97 Å². The molecule has 3 nitrogen and oxygen atoms in total. The van der Waals surface area contributed by atoms with E-state index in [2.05, 4.69) is 40.7 Å². The van der Waals surface area contributed by atoms with Crippen LogP contribution in [0.5, 0.6) is 0 Å². The zero-order chi connectivity index (χ0) is 24.5. The van der Waals surface area contributed by atoms with Crippen LogP contribution >= 0.6 is 0 Å². The van der Waals surface area contributed by atoms with Gasteiger partial charge in [-0.2, -0.15) is 0 Å². The van der Waals surface area contributed by atoms with E-state index in [1.807, 2.05) is 0 Å². The van der Waals surface area contributed by atoms with E-state index in [4.69, 9.17) is 9.47 Å². The van der Waals surface area contributed by atoms with Crippen LogP contribution in [-0.4, -0.2) is 25.3 Å². The summed E-state index contributed by atoms with van der Waals surface area (Å²) in [5.74, 6) is 5.12. The molecule has 4 aliphatic carbocycles. The molecule has 3 heteroatoms. The molecular formula is C31H52O3. The predicted octanol–water partition coefficient (Wildman–Crippen LogP) is 7.98. The van der Waals surface area contributed by atoms with Crippen LogP contribution in [0.4, 0.5) is 0 Å². The Morgan fingerprint density at radius 2 is 1.82 bits per heavy atom. The van der Waals surface area contributed by atoms with Gasteiger partial charge in [0.15, 0.2) is 0 Å². The maximum Gasteiger partial charge on any atom is 0.302 e. The molecule has 3 saturated carbocycles. The molecule has 1 unspecified atom stereocenters. The summed E-state index contributed by atoms with van der Waals surface area (Å²) in [4.78, 5) is 11.0. The third kappa shape index (κ3) is 5.16. The van der Waals surface area contributed by atoms with E-state index < -0.39 is 0 Å². The molecule has 0 heterocycles. The Balaban J connectivity index is 1.38. The van der Waals surface area contributed by atoms with Crippen LogP contribution in [0.15, 0.2) is 11.6 Å². The number of hydrogen-bond acceptors (Lipinski definition) is 3. The van der Waals surface area contributed by atoms with Crippen LogP contribution in [0.2, 0.25) is 0 Å². The van der Waals surface area contributed by atoms with Crippen LogP contribution in [0.1, 0.15) is 112 Å². The van der Waals surface area contributed by atoms with E-state index in [9.17, 15) is 4.79 Å². The van der Waals surface area contributed by atoms with Crippen molar-refractivity contribution in [3.8, 4) is 0 Å². The number of fused-ring (bicyclic) bond motifs is 5. The molecule has 0 saturated heterocycles. The van der Waals surface area contributed by atoms with E-state index >= 15 is 0 Å². The van der Waals surface area contributed by atoms with Crippen molar-refractivity contribution < 1.29 is 14.3 Å². The highest BCUT2D eigenvalue weighted by Crippen LogP contribution is 2.67. The first kappa shape index (κ1) is 26.2. The number of rotatable bonds is 9. The predicted molar refractivity (Wildman–Crippen MR) is 139 cm³/mol. The third-order valence-electron chi connectivity index (χ3n) is 11.0. The Labute approximate surface area is 209 Å². The first-order valence-electron chi connectivity index (χ1n) is 14.6. The van der Waals surface area contributed by atoms with Gasteiger partial charge in [0.25, 0.3) is 0 Å². The second-order valence-electron chi connectivity index (χ2n) is 13.4. The van der Waals surface area contributed by atoms with Crippen LogP contribution in [-0.2, 0) is 14.3 Å². The number of carbonyl (C=O) groups is 1. The number of hydrogen-bond donors (Lipinski definition) is 0. The zero-order valence-corrected chi connectivity index (χ0v) is 23.0. The third-order valence-corrected chi connectivity index (χ3v) is 11.0. The molecule has 8 atom stereocenters. The minimum absolute atomic E-state index is 0.218. The van der Waals surface area contributed by atoms with Gasteiger partial charge in [-0.05, 0) is 97.7 Å². The molecule has 0 radical (unpaired) electrons. The first-order chi connectivity index (χ1) is 16.1. The fourth-order valence-corrected chi connectivity index (χ4v) is 9.19. The number of allylic oxidation sites excluding steroid dienone is 1. The average Bonchev–Trinajstić information content (AvgIpc) is 3.13. The van der Waals surface area contributed by atoms with Crippen molar-refractivity contribution >= 4 is 5.97 Å². The number of carbonyl (C=O) groups excluding carboxylic acids is 1. The SMILES string of the molecule is CC(=O)OCCOC1CC[C@@]2(C)C(=CC[C@H]3[C@@H]4CC[C@H]([C@H](C)CCCC(C)C)[C@@]4(C)CC[C@@H]32)C1. The molecule has 3 fully saturated rings. The molecule has 0 bridgehead atoms. The highest BCUT2D eigenvalue weighted by atomic mass is 16.6. The van der Waals surface area contributed by atoms with E-state index in [-0.39, 0.29) is 5.97 Å². The summed E-state index contributed by atoms with van der Waals surface area (Å²) in [5.41, 5.74) is 2.62. The highest BCUT2D eigenvalue weighted by Gasteiger charge is 2.59. The van der Waals surface area contributed by atoms with Crippen LogP contribution in [0, 0.1) is 46.3 Å². The van der Waals surface area contributed by atoms with Crippen molar-refractivity contribution in [1.82, 2.24) is 0 Å². The molecule has 4 aliphatic rings. The van der Waals surface area contributed by atoms with E-state index in [0.717, 1.165) is 48.3 Å². The molecule has 0 aromatic carbocycles. The van der Waals surface area contributed by atoms with Crippen molar-refractivity contribution in [3.05, 3.63) is 11.6 Å². The molecule has 0 aromatic heterocycles. The smallest absolute Gasteiger partial charge is 0.302 e. The average molecular weight is 473 g/mol. The minimum atomic E-state index is -0.218. The maximum atomic E-state index is 11.0. The van der Waals surface area contributed by atoms with Gasteiger partial charge < -0.3 is 9.47 Å². The molecular weight excluding hydrogens is 420 g/mol. The van der Waals surface area contributed by atoms with Crippen molar-refractivity contribution in [1.29, 1.82) is 0 Å². The van der Waals surface area contributed by atoms with Gasteiger partial charge in [-0.3, -0.25) is 4.79 Å². The Kier molecular flexibility index (Phi) is 8.22. The van der Waals surface area contributed by atoms with Gasteiger partial charge in [-0.15, -0.1) is 0 Å². The number of ether oxygens (including phenoxy) is 2. The van der Waals surface area contributed by atoms with Crippen molar-refractivity contribution in [2.45, 2.75) is 118 Å². The first-order valence-corrected chi connectivity index (χ1v) is 14.6. The largest absolute Gasteiger partial charge is 0.463 e. The summed E-state index contributed by atoms with van der Waals surface area (Å²) < 4.78 is 11.2. The maximum absolute atomic E-state index is 11.0. The lowest BCUT2D eigenvalue weighted by Crippen LogP contribution is -2.51. The van der Waals surface area contributed by atoms with Gasteiger partial charge in [0.1, 0.15) is 6.61 Å². The highest BCUT2D eigenvalue weighted by molar-refractivity contribution is 5.65. The van der Waals surface area contributed by atoms with Gasteiger partial charge in [0.05, 0.1) is 12.7 Å². The molecule has 0 N–H and O–H groups in total. The topological polar surface area (TPSA) is 35.5 Å². The van der Waals surface area contributed by atoms with E-state index in [1.165, 1.54) is 64.7 Å². The van der Waals surface area contributed by atoms with Crippen molar-refractivity contribution in [2.75, 3.05) is 13.2 Å². The summed E-state index contributed by atoms with van der Waals surface area (Å²) in [6, 6.07) is 0. The minimum Gasteiger partial charge on any atom is -0.463 e. The molecule has 0 aliphatic heterocycles. The Bertz CT molecular complexity index is 741. The van der Waals surface area contributed by atoms with E-state index in [1.54, 1.807) is 5.57 Å². The standard InChI is InChI=1S/C31H52O3/c1-21(2)8-7-9-22(3)27-12-13-28-26-11-10-24-20-25(34-19-18-33-23(4)32)14-16-30(24,5)29(26)15-17-31(27,28)6/h10,21-22,25-29H,7-9,11-20H2,1-6H3/t22-,25?,26+,27-,28+,29+,30+,31-/m1/s1. The summed E-state index contributed by atoms with van der Waals surface area (Å²) in [6.07, 6.45) is 17.8. The van der Waals surface area contributed by atoms with Crippen LogP contribution < -0.4 is 0 Å². The lowest BCUT2D eigenvalue weighted by Gasteiger charge is -2.58. The molecule has 194 valence electrons. The molecule has 0 spiro atoms. The fraction of sp³-hybridized carbons (Fsp3) is 0.903. The zero-order valence-electron chi connectivity index (χ0n) is 23.0. The monoisotopic (exact) mass is 472 g/mol. The summed E-state index contributed by atoms with van der Waals surface area (Å²) >= 11 is 0. The normalized spacial score (nSPS) is 40.2. The second kappa shape index (κ2) is 10.7. The van der Waals surface area contributed by atoms with Crippen LogP contribution in [0.3, 0.4) is 0 Å². The second-order valence-corrected chi connectivity index (χ2v) is 13.4. The van der Waals surface area contributed by atoms with Gasteiger partial charge in [-0.25, -0.2) is 0 Å². The van der Waals surface area contributed by atoms with E-state index in [0.29, 0.717) is 30.1 Å². The summed E-state index contributed by atoms with van der Waals surface area (Å²) in [7, 11) is 0. The van der Waals surface area contributed by atoms with Gasteiger partial charge in [0.2, 0.25) is 0 Å². The summed E-state index contributed by atoms with van der Waals surface area (Å²) in [6.45, 7) is 15.0. The number of esters is 1. The van der Waals surface area contributed by atoms with Gasteiger partial charge in [0, 0.05) is 6.92 Å².